The lowest BCUT2D eigenvalue weighted by Gasteiger charge is -2.10. The number of hydroxylamine groups is 1. The van der Waals surface area contributed by atoms with E-state index in [0.29, 0.717) is 23.7 Å². The van der Waals surface area contributed by atoms with Crippen molar-refractivity contribution < 1.29 is 15.2 Å². The minimum Gasteiger partial charge on any atom is -0.326 e. The van der Waals surface area contributed by atoms with Crippen LogP contribution in [0.2, 0.25) is 0 Å². The number of nitrogens with one attached hydrogen (secondary N) is 3. The van der Waals surface area contributed by atoms with Gasteiger partial charge in [0.15, 0.2) is 5.82 Å². The molecule has 4 N–H and O–H groups in total. The average molecular weight is 365 g/mol. The summed E-state index contributed by atoms with van der Waals surface area (Å²) in [6, 6.07) is 11.4. The summed E-state index contributed by atoms with van der Waals surface area (Å²) in [6.07, 6.45) is 6.62. The van der Waals surface area contributed by atoms with E-state index in [-0.39, 0.29) is 17.5 Å². The van der Waals surface area contributed by atoms with Crippen LogP contribution in [-0.2, 0) is 11.2 Å². The molecule has 27 heavy (non-hydrogen) atoms. The fraction of sp³-hybridized carbons (Fsp3) is 0.158. The van der Waals surface area contributed by atoms with Gasteiger partial charge in [-0.2, -0.15) is 10.6 Å². The van der Waals surface area contributed by atoms with Gasteiger partial charge in [0.1, 0.15) is 6.54 Å². The van der Waals surface area contributed by atoms with Gasteiger partial charge in [-0.25, -0.2) is 4.98 Å². The van der Waals surface area contributed by atoms with E-state index in [1.165, 1.54) is 12.4 Å². The van der Waals surface area contributed by atoms with E-state index in [1.54, 1.807) is 12.4 Å². The Kier molecular flexibility index (Phi) is 6.03. The molecule has 2 aromatic heterocycles. The summed E-state index contributed by atoms with van der Waals surface area (Å²) in [5.74, 6) is 0.208. The minimum absolute atomic E-state index is 0.0831. The van der Waals surface area contributed by atoms with Crippen molar-refractivity contribution >= 4 is 17.4 Å². The standard InChI is InChI=1S/C19H20N6O2/c1-2-25(27)24-18-13-21-12-17(22-18)10-19(26)23-16-7-5-14(6-8-16)15-4-3-9-20-11-15/h3-9,11-13,27H,2,10H2,1H3,(H,22,24)(H,23,26)/p+1. The lowest BCUT2D eigenvalue weighted by molar-refractivity contribution is -1.07. The first-order valence-corrected chi connectivity index (χ1v) is 8.57. The van der Waals surface area contributed by atoms with E-state index in [0.717, 1.165) is 11.1 Å². The van der Waals surface area contributed by atoms with Gasteiger partial charge < -0.3 is 5.32 Å². The molecule has 1 atom stereocenters. The number of carbonyl (C=O) groups is 1. The average Bonchev–Trinajstić information content (AvgIpc) is 2.69. The van der Waals surface area contributed by atoms with Gasteiger partial charge in [-0.3, -0.25) is 14.8 Å². The maximum absolute atomic E-state index is 12.3. The monoisotopic (exact) mass is 365 g/mol. The lowest BCUT2D eigenvalue weighted by Crippen LogP contribution is -3.12. The normalized spacial score (nSPS) is 11.6. The second-order valence-corrected chi connectivity index (χ2v) is 5.86. The number of hydrogen-bond donors (Lipinski definition) is 4. The molecule has 0 saturated heterocycles. The molecule has 8 nitrogen and oxygen atoms in total. The summed E-state index contributed by atoms with van der Waals surface area (Å²) in [4.78, 5) is 24.7. The van der Waals surface area contributed by atoms with E-state index < -0.39 is 0 Å². The van der Waals surface area contributed by atoms with Crippen molar-refractivity contribution in [2.45, 2.75) is 13.3 Å². The van der Waals surface area contributed by atoms with Crippen LogP contribution >= 0.6 is 0 Å². The zero-order chi connectivity index (χ0) is 19.1. The van der Waals surface area contributed by atoms with Gasteiger partial charge in [0.25, 0.3) is 0 Å². The van der Waals surface area contributed by atoms with Gasteiger partial charge in [0, 0.05) is 24.3 Å². The number of aromatic nitrogens is 3. The number of anilines is 2. The van der Waals surface area contributed by atoms with Gasteiger partial charge in [-0.15, -0.1) is 0 Å². The van der Waals surface area contributed by atoms with Crippen LogP contribution in [-0.4, -0.2) is 32.6 Å². The number of nitrogens with zero attached hydrogens (tertiary/aromatic N) is 3. The zero-order valence-corrected chi connectivity index (χ0v) is 14.9. The Balaban J connectivity index is 1.60. The van der Waals surface area contributed by atoms with E-state index >= 15 is 0 Å². The molecule has 0 radical (unpaired) electrons. The predicted molar refractivity (Wildman–Crippen MR) is 101 cm³/mol. The third-order valence-corrected chi connectivity index (χ3v) is 3.80. The summed E-state index contributed by atoms with van der Waals surface area (Å²) >= 11 is 0. The minimum atomic E-state index is -0.195. The van der Waals surface area contributed by atoms with Crippen LogP contribution < -0.4 is 15.9 Å². The van der Waals surface area contributed by atoms with Gasteiger partial charge in [-0.05, 0) is 36.2 Å². The highest BCUT2D eigenvalue weighted by molar-refractivity contribution is 5.92. The molecule has 0 spiro atoms. The van der Waals surface area contributed by atoms with Crippen molar-refractivity contribution in [3.8, 4) is 11.1 Å². The van der Waals surface area contributed by atoms with E-state index in [1.807, 2.05) is 43.3 Å². The third kappa shape index (κ3) is 5.30. The number of benzene rings is 1. The molecule has 0 aliphatic rings. The topological polar surface area (TPSA) is 104 Å². The SMILES string of the molecule is CC[NH+](O)Nc1cncc(CC(=O)Nc2ccc(-c3cccnc3)cc2)n1. The molecule has 2 heterocycles. The van der Waals surface area contributed by atoms with Crippen LogP contribution in [0.5, 0.6) is 0 Å². The summed E-state index contributed by atoms with van der Waals surface area (Å²) in [6.45, 7) is 2.27. The molecule has 3 aromatic rings. The van der Waals surface area contributed by atoms with Gasteiger partial charge >= 0.3 is 0 Å². The number of hydrogen-bond acceptors (Lipinski definition) is 6. The maximum Gasteiger partial charge on any atom is 0.230 e. The maximum atomic E-state index is 12.3. The van der Waals surface area contributed by atoms with Crippen LogP contribution in [0.1, 0.15) is 12.6 Å². The molecule has 0 fully saturated rings. The highest BCUT2D eigenvalue weighted by Gasteiger charge is 2.09. The van der Waals surface area contributed by atoms with Crippen molar-refractivity contribution in [3.05, 3.63) is 66.9 Å². The molecule has 1 aromatic carbocycles. The van der Waals surface area contributed by atoms with Crippen molar-refractivity contribution in [3.63, 3.8) is 0 Å². The van der Waals surface area contributed by atoms with Crippen LogP contribution in [0.3, 0.4) is 0 Å². The molecule has 0 bridgehead atoms. The Morgan fingerprint density at radius 3 is 2.59 bits per heavy atom. The molecule has 3 rings (SSSR count). The lowest BCUT2D eigenvalue weighted by atomic mass is 10.1. The van der Waals surface area contributed by atoms with Crippen LogP contribution in [0, 0.1) is 0 Å². The highest BCUT2D eigenvalue weighted by Crippen LogP contribution is 2.20. The molecular formula is C19H21N6O2+. The van der Waals surface area contributed by atoms with E-state index in [9.17, 15) is 10.0 Å². The van der Waals surface area contributed by atoms with Crippen LogP contribution in [0.4, 0.5) is 11.5 Å². The van der Waals surface area contributed by atoms with E-state index in [4.69, 9.17) is 0 Å². The molecule has 138 valence electrons. The third-order valence-electron chi connectivity index (χ3n) is 3.80. The quantitative estimate of drug-likeness (QED) is 0.471. The number of amides is 1. The van der Waals surface area contributed by atoms with Gasteiger partial charge in [0.05, 0.1) is 18.3 Å². The fourth-order valence-corrected chi connectivity index (χ4v) is 2.44. The van der Waals surface area contributed by atoms with Crippen molar-refractivity contribution in [2.75, 3.05) is 17.3 Å². The largest absolute Gasteiger partial charge is 0.326 e. The highest BCUT2D eigenvalue weighted by atomic mass is 16.5. The smallest absolute Gasteiger partial charge is 0.230 e. The first-order chi connectivity index (χ1) is 13.1. The Morgan fingerprint density at radius 2 is 1.89 bits per heavy atom. The van der Waals surface area contributed by atoms with Crippen LogP contribution in [0.25, 0.3) is 11.1 Å². The molecule has 1 unspecified atom stereocenters. The van der Waals surface area contributed by atoms with Crippen molar-refractivity contribution in [2.24, 2.45) is 0 Å². The first-order valence-electron chi connectivity index (χ1n) is 8.57. The fourth-order valence-electron chi connectivity index (χ4n) is 2.44. The predicted octanol–water partition coefficient (Wildman–Crippen LogP) is 1.34. The van der Waals surface area contributed by atoms with E-state index in [2.05, 4.69) is 25.7 Å². The molecular weight excluding hydrogens is 344 g/mol. The Morgan fingerprint density at radius 1 is 1.07 bits per heavy atom. The number of carbonyl (C=O) groups excluding carboxylic acids is 1. The molecule has 0 aliphatic heterocycles. The van der Waals surface area contributed by atoms with Crippen LogP contribution in [0.15, 0.2) is 61.2 Å². The molecule has 0 aliphatic carbocycles. The van der Waals surface area contributed by atoms with Gasteiger partial charge in [0.2, 0.25) is 5.91 Å². The number of quaternary nitrogens is 1. The first kappa shape index (κ1) is 18.4. The van der Waals surface area contributed by atoms with Crippen molar-refractivity contribution in [1.29, 1.82) is 0 Å². The summed E-state index contributed by atoms with van der Waals surface area (Å²) in [7, 11) is 0. The second kappa shape index (κ2) is 8.84. The Bertz CT molecular complexity index is 886. The molecule has 8 heteroatoms. The molecule has 1 amide bonds. The number of pyridine rings is 1. The Labute approximate surface area is 156 Å². The summed E-state index contributed by atoms with van der Waals surface area (Å²) < 4.78 is 0. The summed E-state index contributed by atoms with van der Waals surface area (Å²) in [5.41, 5.74) is 5.99. The number of rotatable bonds is 7. The zero-order valence-electron chi connectivity index (χ0n) is 14.9. The molecule has 0 saturated carbocycles. The van der Waals surface area contributed by atoms with Crippen molar-refractivity contribution in [1.82, 2.24) is 15.0 Å². The summed E-state index contributed by atoms with van der Waals surface area (Å²) in [5, 5.41) is 12.5. The Hall–Kier alpha value is -3.36. The second-order valence-electron chi connectivity index (χ2n) is 5.86. The van der Waals surface area contributed by atoms with Gasteiger partial charge in [-0.1, -0.05) is 23.4 Å².